The fourth-order valence-electron chi connectivity index (χ4n) is 4.83. The third-order valence-electron chi connectivity index (χ3n) is 6.68. The minimum Gasteiger partial charge on any atom is -0.381 e. The highest BCUT2D eigenvalue weighted by Crippen LogP contribution is 2.30. The lowest BCUT2D eigenvalue weighted by Gasteiger charge is -2.36. The molecule has 3 aliphatic rings. The zero-order valence-corrected chi connectivity index (χ0v) is 17.8. The van der Waals surface area contributed by atoms with Gasteiger partial charge in [-0.3, -0.25) is 4.79 Å². The molecule has 31 heavy (non-hydrogen) atoms. The molecule has 3 unspecified atom stereocenters. The largest absolute Gasteiger partial charge is 0.433 e. The van der Waals surface area contributed by atoms with Crippen LogP contribution in [0.15, 0.2) is 12.3 Å². The second kappa shape index (κ2) is 9.28. The molecule has 3 fully saturated rings. The van der Waals surface area contributed by atoms with E-state index in [9.17, 15) is 18.0 Å². The van der Waals surface area contributed by atoms with Gasteiger partial charge in [-0.2, -0.15) is 13.2 Å². The molecule has 172 valence electrons. The standard InChI is InChI=1S/C21H30F3N5O2/c1-14-13-31-11-5-17(14)26-16-3-2-15(12-16)19(30)28-7-9-29(10-8-28)20-25-6-4-18(27-20)21(22,23)24/h4,6,14-17,26H,2-3,5,7-13H2,1H3/t14?,15-,16?,17?/m0/s1. The number of nitrogens with zero attached hydrogens (tertiary/aromatic N) is 4. The Balaban J connectivity index is 1.27. The van der Waals surface area contributed by atoms with Gasteiger partial charge >= 0.3 is 6.18 Å². The van der Waals surface area contributed by atoms with Crippen molar-refractivity contribution in [2.75, 3.05) is 44.3 Å². The summed E-state index contributed by atoms with van der Waals surface area (Å²) in [5.41, 5.74) is -0.945. The third-order valence-corrected chi connectivity index (χ3v) is 6.68. The van der Waals surface area contributed by atoms with Crippen LogP contribution in [0.3, 0.4) is 0 Å². The highest BCUT2D eigenvalue weighted by Gasteiger charge is 2.36. The Labute approximate surface area is 180 Å². The zero-order chi connectivity index (χ0) is 22.0. The van der Waals surface area contributed by atoms with Gasteiger partial charge in [0.15, 0.2) is 0 Å². The number of anilines is 1. The molecule has 1 aliphatic carbocycles. The maximum Gasteiger partial charge on any atom is 0.433 e. The van der Waals surface area contributed by atoms with Crippen LogP contribution in [-0.2, 0) is 15.7 Å². The Morgan fingerprint density at radius 3 is 2.68 bits per heavy atom. The first-order chi connectivity index (χ1) is 14.8. The summed E-state index contributed by atoms with van der Waals surface area (Å²) in [5, 5.41) is 3.73. The van der Waals surface area contributed by atoms with Gasteiger partial charge in [0, 0.05) is 57.0 Å². The number of hydrogen-bond donors (Lipinski definition) is 1. The second-order valence-corrected chi connectivity index (χ2v) is 8.87. The number of nitrogens with one attached hydrogen (secondary N) is 1. The minimum atomic E-state index is -4.50. The van der Waals surface area contributed by atoms with Crippen LogP contribution < -0.4 is 10.2 Å². The van der Waals surface area contributed by atoms with E-state index >= 15 is 0 Å². The van der Waals surface area contributed by atoms with Crippen molar-refractivity contribution in [1.29, 1.82) is 0 Å². The number of carbonyl (C=O) groups is 1. The molecule has 4 rings (SSSR count). The number of ether oxygens (including phenoxy) is 1. The molecule has 3 heterocycles. The van der Waals surface area contributed by atoms with Crippen molar-refractivity contribution in [1.82, 2.24) is 20.2 Å². The SMILES string of the molecule is CC1COCCC1NC1CC[C@H](C(=O)N2CCN(c3nccc(C(F)(F)F)n3)CC2)C1. The smallest absolute Gasteiger partial charge is 0.381 e. The average molecular weight is 441 g/mol. The van der Waals surface area contributed by atoms with Crippen LogP contribution in [0.5, 0.6) is 0 Å². The highest BCUT2D eigenvalue weighted by molar-refractivity contribution is 5.79. The Morgan fingerprint density at radius 2 is 1.97 bits per heavy atom. The number of halogens is 3. The number of hydrogen-bond acceptors (Lipinski definition) is 6. The first-order valence-corrected chi connectivity index (χ1v) is 11.1. The molecule has 10 heteroatoms. The molecule has 4 atom stereocenters. The van der Waals surface area contributed by atoms with Crippen LogP contribution in [0.1, 0.15) is 38.3 Å². The van der Waals surface area contributed by atoms with Gasteiger partial charge in [-0.25, -0.2) is 9.97 Å². The van der Waals surface area contributed by atoms with E-state index in [1.807, 2.05) is 4.90 Å². The van der Waals surface area contributed by atoms with Crippen LogP contribution in [0.4, 0.5) is 19.1 Å². The molecule has 7 nitrogen and oxygen atoms in total. The summed E-state index contributed by atoms with van der Waals surface area (Å²) >= 11 is 0. The lowest BCUT2D eigenvalue weighted by molar-refractivity contribution is -0.141. The highest BCUT2D eigenvalue weighted by atomic mass is 19.4. The van der Waals surface area contributed by atoms with Crippen molar-refractivity contribution in [3.05, 3.63) is 18.0 Å². The van der Waals surface area contributed by atoms with E-state index in [0.717, 1.165) is 51.2 Å². The molecule has 1 aromatic rings. The van der Waals surface area contributed by atoms with Crippen molar-refractivity contribution in [2.24, 2.45) is 11.8 Å². The van der Waals surface area contributed by atoms with Crippen LogP contribution in [0.2, 0.25) is 0 Å². The van der Waals surface area contributed by atoms with Crippen LogP contribution >= 0.6 is 0 Å². The summed E-state index contributed by atoms with van der Waals surface area (Å²) in [4.78, 5) is 24.2. The Kier molecular flexibility index (Phi) is 6.66. The first kappa shape index (κ1) is 22.3. The Bertz CT molecular complexity index is 770. The van der Waals surface area contributed by atoms with E-state index < -0.39 is 11.9 Å². The minimum absolute atomic E-state index is 0.0176. The summed E-state index contributed by atoms with van der Waals surface area (Å²) in [5.74, 6) is 0.727. The second-order valence-electron chi connectivity index (χ2n) is 8.87. The maximum absolute atomic E-state index is 13.0. The van der Waals surface area contributed by atoms with Crippen molar-refractivity contribution >= 4 is 11.9 Å². The summed E-state index contributed by atoms with van der Waals surface area (Å²) in [6, 6.07) is 1.68. The van der Waals surface area contributed by atoms with Crippen LogP contribution in [-0.4, -0.2) is 72.3 Å². The predicted molar refractivity (Wildman–Crippen MR) is 108 cm³/mol. The molecule has 0 spiro atoms. The third kappa shape index (κ3) is 5.28. The fourth-order valence-corrected chi connectivity index (χ4v) is 4.83. The summed E-state index contributed by atoms with van der Waals surface area (Å²) in [6.07, 6.45) is 0.373. The normalized spacial score (nSPS) is 29.9. The fraction of sp³-hybridized carbons (Fsp3) is 0.762. The van der Waals surface area contributed by atoms with Crippen molar-refractivity contribution < 1.29 is 22.7 Å². The lowest BCUT2D eigenvalue weighted by atomic mass is 9.96. The van der Waals surface area contributed by atoms with Crippen molar-refractivity contribution in [3.8, 4) is 0 Å². The average Bonchev–Trinajstić information content (AvgIpc) is 3.23. The molecule has 0 bridgehead atoms. The van der Waals surface area contributed by atoms with E-state index in [1.54, 1.807) is 4.90 Å². The Morgan fingerprint density at radius 1 is 1.19 bits per heavy atom. The molecular weight excluding hydrogens is 411 g/mol. The molecule has 2 saturated heterocycles. The predicted octanol–water partition coefficient (Wildman–Crippen LogP) is 2.33. The molecule has 0 radical (unpaired) electrons. The van der Waals surface area contributed by atoms with Gasteiger partial charge in [-0.1, -0.05) is 6.92 Å². The van der Waals surface area contributed by atoms with Gasteiger partial charge in [-0.05, 0) is 37.7 Å². The van der Waals surface area contributed by atoms with E-state index in [2.05, 4.69) is 22.2 Å². The van der Waals surface area contributed by atoms with Gasteiger partial charge in [0.1, 0.15) is 5.69 Å². The van der Waals surface area contributed by atoms with Crippen LogP contribution in [0, 0.1) is 11.8 Å². The van der Waals surface area contributed by atoms with Gasteiger partial charge in [0.2, 0.25) is 11.9 Å². The Hall–Kier alpha value is -1.94. The number of aromatic nitrogens is 2. The molecule has 1 amide bonds. The summed E-state index contributed by atoms with van der Waals surface area (Å²) < 4.78 is 44.2. The molecular formula is C21H30F3N5O2. The lowest BCUT2D eigenvalue weighted by Crippen LogP contribution is -2.51. The van der Waals surface area contributed by atoms with Gasteiger partial charge in [0.05, 0.1) is 6.61 Å². The maximum atomic E-state index is 13.0. The zero-order valence-electron chi connectivity index (χ0n) is 17.8. The number of carbonyl (C=O) groups excluding carboxylic acids is 1. The molecule has 1 N–H and O–H groups in total. The molecule has 2 aliphatic heterocycles. The van der Waals surface area contributed by atoms with E-state index in [0.29, 0.717) is 44.2 Å². The topological polar surface area (TPSA) is 70.6 Å². The number of alkyl halides is 3. The molecule has 0 aromatic carbocycles. The number of piperazine rings is 1. The van der Waals surface area contributed by atoms with E-state index in [4.69, 9.17) is 4.74 Å². The number of amides is 1. The van der Waals surface area contributed by atoms with E-state index in [1.165, 1.54) is 0 Å². The number of rotatable bonds is 4. The summed E-state index contributed by atoms with van der Waals surface area (Å²) in [7, 11) is 0. The van der Waals surface area contributed by atoms with Crippen molar-refractivity contribution in [2.45, 2.75) is 50.9 Å². The molecule has 1 aromatic heterocycles. The van der Waals surface area contributed by atoms with Gasteiger partial charge < -0.3 is 19.9 Å². The monoisotopic (exact) mass is 441 g/mol. The first-order valence-electron chi connectivity index (χ1n) is 11.1. The van der Waals surface area contributed by atoms with Crippen molar-refractivity contribution in [3.63, 3.8) is 0 Å². The van der Waals surface area contributed by atoms with Gasteiger partial charge in [0.25, 0.3) is 0 Å². The molecule has 1 saturated carbocycles. The summed E-state index contributed by atoms with van der Waals surface area (Å²) in [6.45, 7) is 5.59. The quantitative estimate of drug-likeness (QED) is 0.774. The van der Waals surface area contributed by atoms with Crippen LogP contribution in [0.25, 0.3) is 0 Å². The van der Waals surface area contributed by atoms with E-state index in [-0.39, 0.29) is 17.8 Å². The van der Waals surface area contributed by atoms with Gasteiger partial charge in [-0.15, -0.1) is 0 Å².